The summed E-state index contributed by atoms with van der Waals surface area (Å²) in [5.74, 6) is -1.31. The van der Waals surface area contributed by atoms with E-state index < -0.39 is 11.6 Å². The lowest BCUT2D eigenvalue weighted by Gasteiger charge is -2.21. The van der Waals surface area contributed by atoms with Gasteiger partial charge in [-0.2, -0.15) is 0 Å². The van der Waals surface area contributed by atoms with Crippen molar-refractivity contribution < 1.29 is 8.78 Å². The predicted octanol–water partition coefficient (Wildman–Crippen LogP) is 6.72. The van der Waals surface area contributed by atoms with Crippen molar-refractivity contribution in [1.29, 1.82) is 0 Å². The standard InChI is InChI=1S/C20H16F2N4S2.C2H6/c1-10-11(3-2-5-23-10)15-7-12-14(4-6-24-20(12)28-15)26-18-13(21)8-16-19(17(18)22)25-9-27-16;1-2/h3-4,6-10,23H,2,5H2,1H3,(H,24,26);1-2H3. The SMILES string of the molecule is CC.CC1NCCC=C1c1cc2c(Nc3c(F)cc4scnc4c3F)ccnc2s1. The molecule has 0 aliphatic carbocycles. The summed E-state index contributed by atoms with van der Waals surface area (Å²) in [4.78, 5) is 10.4. The maximum Gasteiger partial charge on any atom is 0.176 e. The summed E-state index contributed by atoms with van der Waals surface area (Å²) in [6.45, 7) is 7.11. The molecule has 0 saturated carbocycles. The van der Waals surface area contributed by atoms with Crippen LogP contribution in [0.3, 0.4) is 0 Å². The molecule has 0 bridgehead atoms. The molecule has 3 aromatic heterocycles. The number of fused-ring (bicyclic) bond motifs is 2. The Morgan fingerprint density at radius 3 is 2.83 bits per heavy atom. The van der Waals surface area contributed by atoms with Gasteiger partial charge in [0.15, 0.2) is 11.6 Å². The number of hydrogen-bond acceptors (Lipinski definition) is 6. The minimum Gasteiger partial charge on any atom is -0.350 e. The Morgan fingerprint density at radius 2 is 2.03 bits per heavy atom. The van der Waals surface area contributed by atoms with Gasteiger partial charge in [0.25, 0.3) is 0 Å². The molecule has 4 nitrogen and oxygen atoms in total. The second-order valence-corrected chi connectivity index (χ2v) is 8.60. The summed E-state index contributed by atoms with van der Waals surface area (Å²) < 4.78 is 29.8. The van der Waals surface area contributed by atoms with E-state index in [2.05, 4.69) is 33.6 Å². The van der Waals surface area contributed by atoms with Crippen LogP contribution in [0.25, 0.3) is 26.0 Å². The minimum absolute atomic E-state index is 0.178. The summed E-state index contributed by atoms with van der Waals surface area (Å²) in [5.41, 5.74) is 3.36. The lowest BCUT2D eigenvalue weighted by Crippen LogP contribution is -2.30. The Balaban J connectivity index is 0.00000106. The number of benzene rings is 1. The highest BCUT2D eigenvalue weighted by Crippen LogP contribution is 2.38. The maximum atomic E-state index is 14.8. The second-order valence-electron chi connectivity index (χ2n) is 6.68. The molecule has 4 aromatic rings. The zero-order valence-corrected chi connectivity index (χ0v) is 18.6. The van der Waals surface area contributed by atoms with Crippen molar-refractivity contribution in [1.82, 2.24) is 15.3 Å². The number of anilines is 2. The van der Waals surface area contributed by atoms with E-state index in [0.29, 0.717) is 10.4 Å². The molecule has 4 heterocycles. The third kappa shape index (κ3) is 3.71. The smallest absolute Gasteiger partial charge is 0.176 e. The number of hydrogen-bond donors (Lipinski definition) is 2. The molecule has 8 heteroatoms. The zero-order chi connectivity index (χ0) is 21.3. The minimum atomic E-state index is -0.676. The van der Waals surface area contributed by atoms with Crippen molar-refractivity contribution in [3.63, 3.8) is 0 Å². The molecule has 156 valence electrons. The number of pyridine rings is 1. The predicted molar refractivity (Wildman–Crippen MR) is 124 cm³/mol. The van der Waals surface area contributed by atoms with Gasteiger partial charge in [-0.3, -0.25) is 0 Å². The van der Waals surface area contributed by atoms with Crippen LogP contribution in [0.5, 0.6) is 0 Å². The van der Waals surface area contributed by atoms with Crippen LogP contribution in [0, 0.1) is 11.6 Å². The molecule has 1 aliphatic heterocycles. The van der Waals surface area contributed by atoms with Crippen LogP contribution in [0.1, 0.15) is 32.1 Å². The number of nitrogens with zero attached hydrogens (tertiary/aromatic N) is 2. The Morgan fingerprint density at radius 1 is 1.20 bits per heavy atom. The van der Waals surface area contributed by atoms with Crippen LogP contribution in [-0.4, -0.2) is 22.6 Å². The molecule has 2 N–H and O–H groups in total. The van der Waals surface area contributed by atoms with Gasteiger partial charge in [0.1, 0.15) is 16.0 Å². The van der Waals surface area contributed by atoms with Crippen molar-refractivity contribution in [2.24, 2.45) is 0 Å². The van der Waals surface area contributed by atoms with Crippen molar-refractivity contribution >= 4 is 60.1 Å². The Labute approximate surface area is 181 Å². The van der Waals surface area contributed by atoms with Crippen LogP contribution in [-0.2, 0) is 0 Å². The first kappa shape index (κ1) is 20.8. The van der Waals surface area contributed by atoms with Crippen LogP contribution in [0.2, 0.25) is 0 Å². The van der Waals surface area contributed by atoms with Gasteiger partial charge in [0, 0.05) is 22.5 Å². The molecule has 5 rings (SSSR count). The third-order valence-corrected chi connectivity index (χ3v) is 6.79. The van der Waals surface area contributed by atoms with E-state index in [4.69, 9.17) is 0 Å². The monoisotopic (exact) mass is 444 g/mol. The van der Waals surface area contributed by atoms with Gasteiger partial charge in [-0.15, -0.1) is 22.7 Å². The lowest BCUT2D eigenvalue weighted by molar-refractivity contribution is 0.598. The normalized spacial score (nSPS) is 16.3. The number of thiazole rings is 1. The zero-order valence-electron chi connectivity index (χ0n) is 16.9. The number of halogens is 2. The van der Waals surface area contributed by atoms with Crippen molar-refractivity contribution in [3.05, 3.63) is 52.5 Å². The number of thiophene rings is 1. The van der Waals surface area contributed by atoms with E-state index in [1.807, 2.05) is 19.9 Å². The third-order valence-electron chi connectivity index (χ3n) is 4.92. The molecule has 1 unspecified atom stereocenters. The summed E-state index contributed by atoms with van der Waals surface area (Å²) in [7, 11) is 0. The highest BCUT2D eigenvalue weighted by molar-refractivity contribution is 7.19. The lowest BCUT2D eigenvalue weighted by atomic mass is 10.0. The van der Waals surface area contributed by atoms with E-state index >= 15 is 0 Å². The fourth-order valence-corrected chi connectivity index (χ4v) is 5.35. The first-order valence-electron chi connectivity index (χ1n) is 9.92. The van der Waals surface area contributed by atoms with Gasteiger partial charge in [-0.05, 0) is 43.7 Å². The number of aromatic nitrogens is 2. The van der Waals surface area contributed by atoms with Gasteiger partial charge < -0.3 is 10.6 Å². The quantitative estimate of drug-likeness (QED) is 0.368. The molecular formula is C22H22F2N4S2. The van der Waals surface area contributed by atoms with Gasteiger partial charge in [-0.25, -0.2) is 18.7 Å². The Hall–Kier alpha value is -2.42. The van der Waals surface area contributed by atoms with Crippen molar-refractivity contribution in [3.8, 4) is 0 Å². The van der Waals surface area contributed by atoms with Crippen LogP contribution >= 0.6 is 22.7 Å². The van der Waals surface area contributed by atoms with Gasteiger partial charge in [0.2, 0.25) is 0 Å². The fourth-order valence-electron chi connectivity index (χ4n) is 3.50. The van der Waals surface area contributed by atoms with E-state index in [9.17, 15) is 8.78 Å². The molecule has 0 saturated heterocycles. The first-order valence-corrected chi connectivity index (χ1v) is 11.6. The highest BCUT2D eigenvalue weighted by atomic mass is 32.1. The number of rotatable bonds is 3. The van der Waals surface area contributed by atoms with Crippen molar-refractivity contribution in [2.45, 2.75) is 33.2 Å². The maximum absolute atomic E-state index is 14.8. The second kappa shape index (κ2) is 8.75. The van der Waals surface area contributed by atoms with E-state index in [0.717, 1.165) is 28.1 Å². The van der Waals surface area contributed by atoms with Crippen LogP contribution in [0.15, 0.2) is 36.0 Å². The van der Waals surface area contributed by atoms with Crippen LogP contribution < -0.4 is 10.6 Å². The topological polar surface area (TPSA) is 49.8 Å². The molecule has 0 fully saturated rings. The Bertz CT molecular complexity index is 1230. The van der Waals surface area contributed by atoms with Gasteiger partial charge in [-0.1, -0.05) is 19.9 Å². The first-order chi connectivity index (χ1) is 14.6. The molecule has 1 atom stereocenters. The molecule has 1 aliphatic rings. The van der Waals surface area contributed by atoms with Gasteiger partial charge >= 0.3 is 0 Å². The summed E-state index contributed by atoms with van der Waals surface area (Å²) in [6.07, 6.45) is 4.88. The molecule has 1 aromatic carbocycles. The van der Waals surface area contributed by atoms with E-state index in [1.54, 1.807) is 23.6 Å². The highest BCUT2D eigenvalue weighted by Gasteiger charge is 2.20. The summed E-state index contributed by atoms with van der Waals surface area (Å²) >= 11 is 2.80. The molecular weight excluding hydrogens is 422 g/mol. The largest absolute Gasteiger partial charge is 0.350 e. The number of nitrogens with one attached hydrogen (secondary N) is 2. The molecule has 0 amide bonds. The average Bonchev–Trinajstić information content (AvgIpc) is 3.40. The van der Waals surface area contributed by atoms with Crippen LogP contribution in [0.4, 0.5) is 20.2 Å². The van der Waals surface area contributed by atoms with Gasteiger partial charge in [0.05, 0.1) is 15.9 Å². The van der Waals surface area contributed by atoms with Crippen molar-refractivity contribution in [2.75, 3.05) is 11.9 Å². The summed E-state index contributed by atoms with van der Waals surface area (Å²) in [5, 5.41) is 7.24. The van der Waals surface area contributed by atoms with E-state index in [1.165, 1.54) is 28.5 Å². The van der Waals surface area contributed by atoms with E-state index in [-0.39, 0.29) is 17.2 Å². The molecule has 0 radical (unpaired) electrons. The fraction of sp³-hybridized carbons (Fsp3) is 0.273. The Kier molecular flexibility index (Phi) is 6.08. The average molecular weight is 445 g/mol. The molecule has 30 heavy (non-hydrogen) atoms. The summed E-state index contributed by atoms with van der Waals surface area (Å²) in [6, 6.07) is 5.36. The molecule has 0 spiro atoms.